The molecule has 0 amide bonds. The number of benzene rings is 1. The van der Waals surface area contributed by atoms with Crippen molar-refractivity contribution in [2.75, 3.05) is 12.4 Å². The average molecular weight is 317 g/mol. The van der Waals surface area contributed by atoms with Gasteiger partial charge in [0.25, 0.3) is 0 Å². The van der Waals surface area contributed by atoms with E-state index in [1.807, 2.05) is 30.3 Å². The van der Waals surface area contributed by atoms with Crippen molar-refractivity contribution in [2.45, 2.75) is 31.1 Å². The molecule has 0 bridgehead atoms. The molecule has 1 atom stereocenters. The van der Waals surface area contributed by atoms with Crippen LogP contribution in [0.5, 0.6) is 0 Å². The highest BCUT2D eigenvalue weighted by Crippen LogP contribution is 2.33. The minimum absolute atomic E-state index is 0.346. The van der Waals surface area contributed by atoms with Crippen molar-refractivity contribution in [3.05, 3.63) is 36.0 Å². The van der Waals surface area contributed by atoms with E-state index in [0.29, 0.717) is 13.0 Å². The molecule has 1 aliphatic rings. The molecule has 2 aromatic rings. The van der Waals surface area contributed by atoms with Gasteiger partial charge in [-0.05, 0) is 6.92 Å². The molecule has 0 radical (unpaired) electrons. The Balaban J connectivity index is 1.94. The highest BCUT2D eigenvalue weighted by atomic mass is 32.2. The van der Waals surface area contributed by atoms with Gasteiger partial charge in [-0.3, -0.25) is 4.79 Å². The topological polar surface area (TPSA) is 70.1 Å². The summed E-state index contributed by atoms with van der Waals surface area (Å²) in [7, 11) is 0. The zero-order valence-electron chi connectivity index (χ0n) is 12.5. The number of thioether (sulfide) groups is 1. The molecule has 22 heavy (non-hydrogen) atoms. The maximum Gasteiger partial charge on any atom is 0.323 e. The van der Waals surface area contributed by atoms with E-state index in [-0.39, 0.29) is 5.97 Å². The van der Waals surface area contributed by atoms with Crippen molar-refractivity contribution in [1.29, 1.82) is 0 Å². The van der Waals surface area contributed by atoms with Crippen LogP contribution in [0, 0.1) is 0 Å². The first-order valence-electron chi connectivity index (χ1n) is 7.40. The van der Waals surface area contributed by atoms with Crippen molar-refractivity contribution in [3.8, 4) is 11.3 Å². The van der Waals surface area contributed by atoms with Crippen LogP contribution < -0.4 is 5.73 Å². The van der Waals surface area contributed by atoms with Crippen molar-refractivity contribution in [2.24, 2.45) is 5.73 Å². The first-order chi connectivity index (χ1) is 10.7. The Morgan fingerprint density at radius 1 is 1.45 bits per heavy atom. The van der Waals surface area contributed by atoms with Crippen molar-refractivity contribution >= 4 is 17.7 Å². The molecule has 0 saturated carbocycles. The van der Waals surface area contributed by atoms with Crippen LogP contribution in [-0.2, 0) is 22.5 Å². The van der Waals surface area contributed by atoms with Crippen molar-refractivity contribution in [3.63, 3.8) is 0 Å². The SMILES string of the molecule is CCOC(=O)C(N)Cc1c(-c2ccccc2)nc2n1CCS2. The number of imidazole rings is 1. The molecule has 6 heteroatoms. The summed E-state index contributed by atoms with van der Waals surface area (Å²) in [5.41, 5.74) is 9.00. The fourth-order valence-electron chi connectivity index (χ4n) is 2.61. The second-order valence-electron chi connectivity index (χ2n) is 5.12. The quantitative estimate of drug-likeness (QED) is 0.855. The summed E-state index contributed by atoms with van der Waals surface area (Å²) in [5, 5.41) is 1.00. The third-order valence-electron chi connectivity index (χ3n) is 3.63. The van der Waals surface area contributed by atoms with E-state index in [0.717, 1.165) is 34.4 Å². The monoisotopic (exact) mass is 317 g/mol. The standard InChI is InChI=1S/C16H19N3O2S/c1-2-21-15(20)12(17)10-13-14(11-6-4-3-5-7-11)18-16-19(13)8-9-22-16/h3-7,12H,2,8-10,17H2,1H3. The summed E-state index contributed by atoms with van der Waals surface area (Å²) in [6, 6.07) is 9.36. The van der Waals surface area contributed by atoms with E-state index in [1.165, 1.54) is 0 Å². The van der Waals surface area contributed by atoms with Gasteiger partial charge in [-0.25, -0.2) is 4.98 Å². The van der Waals surface area contributed by atoms with E-state index in [1.54, 1.807) is 18.7 Å². The summed E-state index contributed by atoms with van der Waals surface area (Å²) in [6.07, 6.45) is 0.441. The number of carbonyl (C=O) groups excluding carboxylic acids is 1. The lowest BCUT2D eigenvalue weighted by Gasteiger charge is -2.13. The summed E-state index contributed by atoms with van der Waals surface area (Å²) in [4.78, 5) is 16.6. The number of nitrogens with two attached hydrogens (primary N) is 1. The number of nitrogens with zero attached hydrogens (tertiary/aromatic N) is 2. The maximum atomic E-state index is 11.8. The van der Waals surface area contributed by atoms with Gasteiger partial charge < -0.3 is 15.0 Å². The Kier molecular flexibility index (Phi) is 4.49. The van der Waals surface area contributed by atoms with Gasteiger partial charge in [0.2, 0.25) is 0 Å². The minimum Gasteiger partial charge on any atom is -0.465 e. The first-order valence-corrected chi connectivity index (χ1v) is 8.39. The molecule has 0 aliphatic carbocycles. The molecule has 1 aromatic carbocycles. The lowest BCUT2D eigenvalue weighted by molar-refractivity contribution is -0.144. The molecule has 1 aliphatic heterocycles. The van der Waals surface area contributed by atoms with Crippen LogP contribution in [0.15, 0.2) is 35.5 Å². The number of ether oxygens (including phenoxy) is 1. The zero-order valence-corrected chi connectivity index (χ0v) is 13.3. The molecule has 2 N–H and O–H groups in total. The maximum absolute atomic E-state index is 11.8. The number of carbonyl (C=O) groups is 1. The molecule has 0 fully saturated rings. The Labute approximate surface area is 133 Å². The fraction of sp³-hybridized carbons (Fsp3) is 0.375. The molecule has 5 nitrogen and oxygen atoms in total. The van der Waals surface area contributed by atoms with E-state index >= 15 is 0 Å². The second kappa shape index (κ2) is 6.54. The van der Waals surface area contributed by atoms with E-state index in [4.69, 9.17) is 15.5 Å². The number of fused-ring (bicyclic) bond motifs is 1. The van der Waals surface area contributed by atoms with Crippen molar-refractivity contribution < 1.29 is 9.53 Å². The van der Waals surface area contributed by atoms with E-state index in [2.05, 4.69) is 4.57 Å². The summed E-state index contributed by atoms with van der Waals surface area (Å²) < 4.78 is 7.19. The molecule has 1 aromatic heterocycles. The van der Waals surface area contributed by atoms with Crippen LogP contribution in [0.3, 0.4) is 0 Å². The van der Waals surface area contributed by atoms with Crippen molar-refractivity contribution in [1.82, 2.24) is 9.55 Å². The molecule has 2 heterocycles. The number of esters is 1. The predicted octanol–water partition coefficient (Wildman–Crippen LogP) is 2.09. The van der Waals surface area contributed by atoms with Crippen LogP contribution in [0.2, 0.25) is 0 Å². The van der Waals surface area contributed by atoms with Gasteiger partial charge in [0.1, 0.15) is 6.04 Å². The Bertz CT molecular complexity index is 670. The molecule has 3 rings (SSSR count). The Morgan fingerprint density at radius 2 is 2.23 bits per heavy atom. The lowest BCUT2D eigenvalue weighted by atomic mass is 10.1. The third-order valence-corrected chi connectivity index (χ3v) is 4.59. The van der Waals surface area contributed by atoms with Gasteiger partial charge in [0.15, 0.2) is 5.16 Å². The Morgan fingerprint density at radius 3 is 2.95 bits per heavy atom. The minimum atomic E-state index is -0.659. The molecular weight excluding hydrogens is 298 g/mol. The average Bonchev–Trinajstić information content (AvgIpc) is 3.11. The molecule has 1 unspecified atom stereocenters. The fourth-order valence-corrected chi connectivity index (χ4v) is 3.58. The summed E-state index contributed by atoms with van der Waals surface area (Å²) in [5.74, 6) is 0.654. The molecule has 0 spiro atoms. The smallest absolute Gasteiger partial charge is 0.323 e. The van der Waals surface area contributed by atoms with Crippen LogP contribution in [-0.4, -0.2) is 33.9 Å². The van der Waals surface area contributed by atoms with Crippen LogP contribution in [0.4, 0.5) is 0 Å². The molecular formula is C16H19N3O2S. The van der Waals surface area contributed by atoms with Gasteiger partial charge in [-0.2, -0.15) is 0 Å². The lowest BCUT2D eigenvalue weighted by Crippen LogP contribution is -2.35. The van der Waals surface area contributed by atoms with E-state index in [9.17, 15) is 4.79 Å². The normalized spacial score (nSPS) is 14.6. The number of hydrogen-bond acceptors (Lipinski definition) is 5. The van der Waals surface area contributed by atoms with Crippen LogP contribution in [0.25, 0.3) is 11.3 Å². The van der Waals surface area contributed by atoms with Gasteiger partial charge in [0, 0.05) is 30.0 Å². The number of aromatic nitrogens is 2. The van der Waals surface area contributed by atoms with Gasteiger partial charge in [0.05, 0.1) is 12.3 Å². The van der Waals surface area contributed by atoms with Gasteiger partial charge >= 0.3 is 5.97 Å². The zero-order chi connectivity index (χ0) is 15.5. The van der Waals surface area contributed by atoms with Crippen LogP contribution in [0.1, 0.15) is 12.6 Å². The summed E-state index contributed by atoms with van der Waals surface area (Å²) >= 11 is 1.74. The number of rotatable bonds is 5. The van der Waals surface area contributed by atoms with E-state index < -0.39 is 6.04 Å². The molecule has 0 saturated heterocycles. The summed E-state index contributed by atoms with van der Waals surface area (Å²) in [6.45, 7) is 3.04. The highest BCUT2D eigenvalue weighted by molar-refractivity contribution is 7.99. The molecule has 116 valence electrons. The second-order valence-corrected chi connectivity index (χ2v) is 6.18. The van der Waals surface area contributed by atoms with Gasteiger partial charge in [-0.15, -0.1) is 0 Å². The third kappa shape index (κ3) is 2.89. The van der Waals surface area contributed by atoms with Crippen LogP contribution >= 0.6 is 11.8 Å². The first kappa shape index (κ1) is 15.1. The number of hydrogen-bond donors (Lipinski definition) is 1. The highest BCUT2D eigenvalue weighted by Gasteiger charge is 2.26. The predicted molar refractivity (Wildman–Crippen MR) is 86.7 cm³/mol. The van der Waals surface area contributed by atoms with Gasteiger partial charge in [-0.1, -0.05) is 42.1 Å². The largest absolute Gasteiger partial charge is 0.465 e. The Hall–Kier alpha value is -1.79.